The maximum atomic E-state index is 11.9. The Morgan fingerprint density at radius 1 is 0.719 bits per heavy atom. The van der Waals surface area contributed by atoms with Crippen LogP contribution in [0.25, 0.3) is 0 Å². The van der Waals surface area contributed by atoms with Crippen molar-refractivity contribution in [2.45, 2.75) is 117 Å². The predicted molar refractivity (Wildman–Crippen MR) is 134 cm³/mol. The van der Waals surface area contributed by atoms with Crippen LogP contribution in [0.1, 0.15) is 117 Å². The van der Waals surface area contributed by atoms with E-state index in [0.717, 1.165) is 17.9 Å². The maximum absolute atomic E-state index is 11.9. The molecular formula is C24H49ClN4O3. The molecule has 0 aromatic rings. The second-order valence-electron chi connectivity index (χ2n) is 8.51. The monoisotopic (exact) mass is 476 g/mol. The summed E-state index contributed by atoms with van der Waals surface area (Å²) in [5, 5.41) is 3.75. The highest BCUT2D eigenvalue weighted by Gasteiger charge is 2.16. The number of nitrogens with zero attached hydrogens (tertiary/aromatic N) is 1. The van der Waals surface area contributed by atoms with E-state index in [-0.39, 0.29) is 31.4 Å². The minimum Gasteiger partial charge on any atom is -0.354 e. The molecule has 7 nitrogen and oxygen atoms in total. The molecule has 0 unspecified atom stereocenters. The Kier molecular flexibility index (Phi) is 24.9. The van der Waals surface area contributed by atoms with Gasteiger partial charge in [-0.2, -0.15) is 0 Å². The summed E-state index contributed by atoms with van der Waals surface area (Å²) in [6, 6.07) is 0. The Balaban J connectivity index is 0. The summed E-state index contributed by atoms with van der Waals surface area (Å²) in [4.78, 5) is 34.6. The van der Waals surface area contributed by atoms with Crippen LogP contribution in [-0.2, 0) is 14.4 Å². The van der Waals surface area contributed by atoms with Crippen LogP contribution < -0.4 is 16.5 Å². The molecule has 0 fully saturated rings. The van der Waals surface area contributed by atoms with Crippen LogP contribution in [0, 0.1) is 0 Å². The molecule has 0 heterocycles. The third kappa shape index (κ3) is 21.9. The van der Waals surface area contributed by atoms with Gasteiger partial charge in [-0.1, -0.05) is 103 Å². The van der Waals surface area contributed by atoms with Crippen LogP contribution in [0.5, 0.6) is 0 Å². The predicted octanol–water partition coefficient (Wildman–Crippen LogP) is 4.62. The summed E-state index contributed by atoms with van der Waals surface area (Å²) >= 11 is 0. The molecule has 0 spiro atoms. The minimum atomic E-state index is -0.493. The van der Waals surface area contributed by atoms with E-state index in [4.69, 9.17) is 5.73 Å². The van der Waals surface area contributed by atoms with Gasteiger partial charge in [0.05, 0.1) is 6.54 Å². The zero-order valence-electron chi connectivity index (χ0n) is 20.6. The average molecular weight is 477 g/mol. The van der Waals surface area contributed by atoms with Gasteiger partial charge in [-0.05, 0) is 6.42 Å². The SMILES string of the molecule is CCCCCCCCCCCCCCCCCCNC(=O)CN(NC(C)=O)C(=O)CN.Cl. The molecule has 0 radical (unpaired) electrons. The van der Waals surface area contributed by atoms with Gasteiger partial charge in [-0.3, -0.25) is 19.8 Å². The average Bonchev–Trinajstić information content (AvgIpc) is 2.74. The van der Waals surface area contributed by atoms with Gasteiger partial charge in [0.1, 0.15) is 6.54 Å². The zero-order valence-corrected chi connectivity index (χ0v) is 21.4. The van der Waals surface area contributed by atoms with E-state index in [2.05, 4.69) is 17.7 Å². The van der Waals surface area contributed by atoms with E-state index in [1.54, 1.807) is 0 Å². The van der Waals surface area contributed by atoms with E-state index in [1.807, 2.05) is 0 Å². The largest absolute Gasteiger partial charge is 0.354 e. The lowest BCUT2D eigenvalue weighted by atomic mass is 10.0. The highest BCUT2D eigenvalue weighted by molar-refractivity contribution is 5.87. The number of amides is 3. The molecule has 0 aromatic carbocycles. The van der Waals surface area contributed by atoms with E-state index in [0.29, 0.717) is 6.54 Å². The third-order valence-corrected chi connectivity index (χ3v) is 5.42. The number of hydrogen-bond donors (Lipinski definition) is 3. The molecule has 0 aliphatic carbocycles. The van der Waals surface area contributed by atoms with Crippen molar-refractivity contribution >= 4 is 30.1 Å². The normalized spacial score (nSPS) is 10.3. The van der Waals surface area contributed by atoms with Crippen LogP contribution in [0.2, 0.25) is 0 Å². The standard InChI is InChI=1S/C24H48N4O3.ClH/c1-3-4-5-6-7-8-9-10-11-12-13-14-15-16-17-18-19-26-23(30)21-28(24(31)20-25)27-22(2)29;/h3-21,25H2,1-2H3,(H,26,30)(H,27,29);1H. The summed E-state index contributed by atoms with van der Waals surface area (Å²) in [7, 11) is 0. The minimum absolute atomic E-state index is 0. The third-order valence-electron chi connectivity index (χ3n) is 5.42. The van der Waals surface area contributed by atoms with Gasteiger partial charge in [0.2, 0.25) is 11.8 Å². The van der Waals surface area contributed by atoms with Gasteiger partial charge >= 0.3 is 0 Å². The van der Waals surface area contributed by atoms with Gasteiger partial charge in [0.25, 0.3) is 5.91 Å². The van der Waals surface area contributed by atoms with Crippen molar-refractivity contribution in [3.05, 3.63) is 0 Å². The number of hydrazine groups is 1. The number of nitrogens with one attached hydrogen (secondary N) is 2. The summed E-state index contributed by atoms with van der Waals surface area (Å²) in [5.41, 5.74) is 7.62. The van der Waals surface area contributed by atoms with Crippen molar-refractivity contribution in [3.63, 3.8) is 0 Å². The van der Waals surface area contributed by atoms with Crippen molar-refractivity contribution in [2.24, 2.45) is 5.73 Å². The Labute approximate surface area is 202 Å². The van der Waals surface area contributed by atoms with Gasteiger partial charge in [-0.15, -0.1) is 12.4 Å². The van der Waals surface area contributed by atoms with E-state index >= 15 is 0 Å². The van der Waals surface area contributed by atoms with Crippen molar-refractivity contribution in [1.29, 1.82) is 0 Å². The number of nitrogens with two attached hydrogens (primary N) is 1. The van der Waals surface area contributed by atoms with Crippen LogP contribution in [0.15, 0.2) is 0 Å². The van der Waals surface area contributed by atoms with E-state index in [1.165, 1.54) is 96.8 Å². The van der Waals surface area contributed by atoms with Crippen molar-refractivity contribution in [1.82, 2.24) is 15.8 Å². The molecule has 3 amide bonds. The smallest absolute Gasteiger partial charge is 0.255 e. The van der Waals surface area contributed by atoms with Crippen LogP contribution in [-0.4, -0.2) is 42.4 Å². The highest BCUT2D eigenvalue weighted by Crippen LogP contribution is 2.13. The molecule has 0 aliphatic rings. The number of carbonyl (C=O) groups is 3. The number of carbonyl (C=O) groups excluding carboxylic acids is 3. The van der Waals surface area contributed by atoms with Gasteiger partial charge < -0.3 is 11.1 Å². The molecule has 190 valence electrons. The summed E-state index contributed by atoms with van der Waals surface area (Å²) in [5.74, 6) is -1.20. The lowest BCUT2D eigenvalue weighted by Gasteiger charge is -2.21. The van der Waals surface area contributed by atoms with Crippen molar-refractivity contribution < 1.29 is 14.4 Å². The fourth-order valence-electron chi connectivity index (χ4n) is 3.59. The van der Waals surface area contributed by atoms with E-state index < -0.39 is 11.8 Å². The Bertz CT molecular complexity index is 478. The molecule has 32 heavy (non-hydrogen) atoms. The lowest BCUT2D eigenvalue weighted by Crippen LogP contribution is -2.52. The molecule has 0 aliphatic heterocycles. The van der Waals surface area contributed by atoms with Crippen molar-refractivity contribution in [3.8, 4) is 0 Å². The number of halogens is 1. The second-order valence-corrected chi connectivity index (χ2v) is 8.51. The molecule has 4 N–H and O–H groups in total. The first-order chi connectivity index (χ1) is 15.0. The van der Waals surface area contributed by atoms with Crippen LogP contribution in [0.3, 0.4) is 0 Å². The second kappa shape index (κ2) is 24.3. The molecule has 8 heteroatoms. The quantitative estimate of drug-likeness (QED) is 0.176. The Morgan fingerprint density at radius 3 is 1.50 bits per heavy atom. The maximum Gasteiger partial charge on any atom is 0.255 e. The fourth-order valence-corrected chi connectivity index (χ4v) is 3.59. The van der Waals surface area contributed by atoms with Gasteiger partial charge in [-0.25, -0.2) is 5.01 Å². The molecule has 0 saturated heterocycles. The summed E-state index contributed by atoms with van der Waals surface area (Å²) in [6.45, 7) is 3.66. The first kappa shape index (κ1) is 32.8. The summed E-state index contributed by atoms with van der Waals surface area (Å²) < 4.78 is 0. The number of rotatable bonds is 20. The van der Waals surface area contributed by atoms with Crippen LogP contribution >= 0.6 is 12.4 Å². The number of hydrogen-bond acceptors (Lipinski definition) is 4. The highest BCUT2D eigenvalue weighted by atomic mass is 35.5. The molecule has 0 rings (SSSR count). The van der Waals surface area contributed by atoms with Crippen LogP contribution in [0.4, 0.5) is 0 Å². The van der Waals surface area contributed by atoms with E-state index in [9.17, 15) is 14.4 Å². The topological polar surface area (TPSA) is 105 Å². The summed E-state index contributed by atoms with van der Waals surface area (Å²) in [6.07, 6.45) is 21.0. The molecule has 0 atom stereocenters. The molecular weight excluding hydrogens is 428 g/mol. The first-order valence-electron chi connectivity index (χ1n) is 12.6. The zero-order chi connectivity index (χ0) is 23.2. The molecule has 0 bridgehead atoms. The number of unbranched alkanes of at least 4 members (excludes halogenated alkanes) is 15. The fraction of sp³-hybridized carbons (Fsp3) is 0.875. The Morgan fingerprint density at radius 2 is 1.12 bits per heavy atom. The first-order valence-corrected chi connectivity index (χ1v) is 12.6. The Hall–Kier alpha value is -1.34. The van der Waals surface area contributed by atoms with Gasteiger partial charge in [0.15, 0.2) is 0 Å². The molecule has 0 saturated carbocycles. The van der Waals surface area contributed by atoms with Crippen molar-refractivity contribution in [2.75, 3.05) is 19.6 Å². The van der Waals surface area contributed by atoms with Gasteiger partial charge in [0, 0.05) is 13.5 Å². The lowest BCUT2D eigenvalue weighted by molar-refractivity contribution is -0.142. The molecule has 0 aromatic heterocycles.